The predicted octanol–water partition coefficient (Wildman–Crippen LogP) is 5.25. The third-order valence-corrected chi connectivity index (χ3v) is 3.98. The number of alkyl halides is 1. The van der Waals surface area contributed by atoms with Crippen LogP contribution in [0, 0.1) is 6.92 Å². The summed E-state index contributed by atoms with van der Waals surface area (Å²) < 4.78 is 6.70. The van der Waals surface area contributed by atoms with Crippen LogP contribution in [-0.2, 0) is 4.43 Å². The average Bonchev–Trinajstić information content (AvgIpc) is 2.89. The molecule has 0 unspecified atom stereocenters. The lowest BCUT2D eigenvalue weighted by molar-refractivity contribution is 0.541. The molecule has 20 heavy (non-hydrogen) atoms. The van der Waals surface area contributed by atoms with Gasteiger partial charge in [-0.3, -0.25) is 0 Å². The van der Waals surface area contributed by atoms with Crippen LogP contribution in [0.3, 0.4) is 0 Å². The summed E-state index contributed by atoms with van der Waals surface area (Å²) in [5.41, 5.74) is 4.38. The molecule has 3 heteroatoms. The van der Waals surface area contributed by atoms with Gasteiger partial charge in [0.1, 0.15) is 5.76 Å². The Morgan fingerprint density at radius 1 is 0.950 bits per heavy atom. The molecule has 2 nitrogen and oxygen atoms in total. The van der Waals surface area contributed by atoms with Crippen molar-refractivity contribution in [1.29, 1.82) is 0 Å². The Morgan fingerprint density at radius 2 is 1.60 bits per heavy atom. The van der Waals surface area contributed by atoms with Gasteiger partial charge in [0.2, 0.25) is 5.89 Å². The third-order valence-electron chi connectivity index (χ3n) is 3.26. The van der Waals surface area contributed by atoms with Gasteiger partial charge < -0.3 is 4.42 Å². The van der Waals surface area contributed by atoms with Crippen molar-refractivity contribution < 1.29 is 4.42 Å². The van der Waals surface area contributed by atoms with E-state index in [1.54, 1.807) is 0 Å². The van der Waals surface area contributed by atoms with Crippen molar-refractivity contribution in [2.24, 2.45) is 0 Å². The Balaban J connectivity index is 2.15. The Hall–Kier alpha value is -1.62. The van der Waals surface area contributed by atoms with Crippen molar-refractivity contribution in [1.82, 2.24) is 4.98 Å². The van der Waals surface area contributed by atoms with Gasteiger partial charge in [0, 0.05) is 9.99 Å². The average molecular weight is 375 g/mol. The molecule has 2 aromatic carbocycles. The number of hydrogen-bond donors (Lipinski definition) is 0. The lowest BCUT2D eigenvalue weighted by Crippen LogP contribution is -1.85. The van der Waals surface area contributed by atoms with Crippen molar-refractivity contribution in [3.63, 3.8) is 0 Å². The van der Waals surface area contributed by atoms with Gasteiger partial charge in [-0.1, -0.05) is 71.1 Å². The number of nitrogens with zero attached hydrogens (tertiary/aromatic N) is 1. The molecule has 1 aromatic heterocycles. The molecule has 0 amide bonds. The van der Waals surface area contributed by atoms with E-state index in [2.05, 4.69) is 51.8 Å². The fourth-order valence-corrected chi connectivity index (χ4v) is 2.91. The van der Waals surface area contributed by atoms with Crippen LogP contribution in [0.1, 0.15) is 11.5 Å². The maximum absolute atomic E-state index is 5.84. The fraction of sp³-hybridized carbons (Fsp3) is 0.118. The Labute approximate surface area is 132 Å². The summed E-state index contributed by atoms with van der Waals surface area (Å²) >= 11 is 2.31. The highest BCUT2D eigenvalue weighted by Crippen LogP contribution is 2.32. The molecule has 0 aliphatic rings. The lowest BCUT2D eigenvalue weighted by Gasteiger charge is -2.06. The molecule has 0 radical (unpaired) electrons. The molecule has 0 fully saturated rings. The van der Waals surface area contributed by atoms with E-state index >= 15 is 0 Å². The first-order chi connectivity index (χ1) is 9.79. The second kappa shape index (κ2) is 5.79. The zero-order valence-electron chi connectivity index (χ0n) is 11.1. The first kappa shape index (κ1) is 13.4. The number of aryl methyl sites for hydroxylation is 1. The minimum absolute atomic E-state index is 0.702. The molecular weight excluding hydrogens is 361 g/mol. The number of aromatic nitrogens is 1. The van der Waals surface area contributed by atoms with Crippen LogP contribution in [0.2, 0.25) is 0 Å². The maximum atomic E-state index is 5.84. The second-order valence-electron chi connectivity index (χ2n) is 4.57. The quantitative estimate of drug-likeness (QED) is 0.462. The molecule has 0 atom stereocenters. The van der Waals surface area contributed by atoms with Crippen LogP contribution in [0.15, 0.2) is 59.0 Å². The molecular formula is C17H14INO. The smallest absolute Gasteiger partial charge is 0.227 e. The van der Waals surface area contributed by atoms with E-state index in [1.807, 2.05) is 37.3 Å². The molecule has 0 N–H and O–H groups in total. The third kappa shape index (κ3) is 2.50. The number of halogens is 1. The van der Waals surface area contributed by atoms with Gasteiger partial charge in [-0.2, -0.15) is 0 Å². The zero-order chi connectivity index (χ0) is 13.9. The molecule has 100 valence electrons. The van der Waals surface area contributed by atoms with Crippen molar-refractivity contribution in [3.8, 4) is 22.6 Å². The summed E-state index contributed by atoms with van der Waals surface area (Å²) in [6, 6.07) is 18.5. The van der Waals surface area contributed by atoms with Crippen molar-refractivity contribution in [3.05, 3.63) is 66.1 Å². The number of hydrogen-bond acceptors (Lipinski definition) is 2. The van der Waals surface area contributed by atoms with Gasteiger partial charge in [-0.25, -0.2) is 4.98 Å². The minimum atomic E-state index is 0.702. The van der Waals surface area contributed by atoms with Crippen molar-refractivity contribution in [2.45, 2.75) is 11.4 Å². The van der Waals surface area contributed by atoms with Crippen LogP contribution >= 0.6 is 22.6 Å². The van der Waals surface area contributed by atoms with Gasteiger partial charge in [-0.05, 0) is 24.1 Å². The number of benzene rings is 2. The van der Waals surface area contributed by atoms with Gasteiger partial charge in [0.25, 0.3) is 0 Å². The summed E-state index contributed by atoms with van der Waals surface area (Å²) in [5, 5.41) is 0. The highest BCUT2D eigenvalue weighted by molar-refractivity contribution is 14.1. The predicted molar refractivity (Wildman–Crippen MR) is 89.8 cm³/mol. The molecule has 3 rings (SSSR count). The van der Waals surface area contributed by atoms with Crippen LogP contribution in [0.25, 0.3) is 22.6 Å². The molecule has 0 aliphatic heterocycles. The monoisotopic (exact) mass is 375 g/mol. The SMILES string of the molecule is Cc1oc(-c2ccccc2-c2ccccc2)nc1CI. The molecule has 0 saturated heterocycles. The van der Waals surface area contributed by atoms with E-state index in [0.717, 1.165) is 27.0 Å². The molecule has 0 spiro atoms. The highest BCUT2D eigenvalue weighted by atomic mass is 127. The summed E-state index contributed by atoms with van der Waals surface area (Å²) in [7, 11) is 0. The van der Waals surface area contributed by atoms with E-state index in [-0.39, 0.29) is 0 Å². The number of oxazole rings is 1. The highest BCUT2D eigenvalue weighted by Gasteiger charge is 2.14. The summed E-state index contributed by atoms with van der Waals surface area (Å²) in [4.78, 5) is 4.61. The van der Waals surface area contributed by atoms with Crippen LogP contribution in [-0.4, -0.2) is 4.98 Å². The molecule has 0 saturated carbocycles. The minimum Gasteiger partial charge on any atom is -0.441 e. The molecule has 0 aliphatic carbocycles. The van der Waals surface area contributed by atoms with Gasteiger partial charge in [-0.15, -0.1) is 0 Å². The van der Waals surface area contributed by atoms with Gasteiger partial charge >= 0.3 is 0 Å². The molecule has 1 heterocycles. The van der Waals surface area contributed by atoms with Crippen molar-refractivity contribution in [2.75, 3.05) is 0 Å². The van der Waals surface area contributed by atoms with Crippen LogP contribution in [0.5, 0.6) is 0 Å². The largest absolute Gasteiger partial charge is 0.441 e. The van der Waals surface area contributed by atoms with E-state index < -0.39 is 0 Å². The summed E-state index contributed by atoms with van der Waals surface area (Å²) in [6.45, 7) is 1.97. The molecule has 0 bridgehead atoms. The van der Waals surface area contributed by atoms with E-state index in [0.29, 0.717) is 5.89 Å². The van der Waals surface area contributed by atoms with E-state index in [9.17, 15) is 0 Å². The lowest BCUT2D eigenvalue weighted by atomic mass is 10.00. The first-order valence-electron chi connectivity index (χ1n) is 6.46. The Bertz CT molecular complexity index is 719. The maximum Gasteiger partial charge on any atom is 0.227 e. The molecule has 3 aromatic rings. The number of rotatable bonds is 3. The summed E-state index contributed by atoms with van der Waals surface area (Å²) in [5.74, 6) is 1.60. The standard InChI is InChI=1S/C17H14INO/c1-12-16(11-18)19-17(20-12)15-10-6-5-9-14(15)13-7-3-2-4-8-13/h2-10H,11H2,1H3. The summed E-state index contributed by atoms with van der Waals surface area (Å²) in [6.07, 6.45) is 0. The van der Waals surface area contributed by atoms with Crippen molar-refractivity contribution >= 4 is 22.6 Å². The second-order valence-corrected chi connectivity index (χ2v) is 5.33. The Morgan fingerprint density at radius 3 is 2.25 bits per heavy atom. The Kier molecular flexibility index (Phi) is 3.87. The van der Waals surface area contributed by atoms with Crippen LogP contribution < -0.4 is 0 Å². The first-order valence-corrected chi connectivity index (χ1v) is 7.99. The topological polar surface area (TPSA) is 26.0 Å². The van der Waals surface area contributed by atoms with Gasteiger partial charge in [0.15, 0.2) is 0 Å². The van der Waals surface area contributed by atoms with Crippen LogP contribution in [0.4, 0.5) is 0 Å². The zero-order valence-corrected chi connectivity index (χ0v) is 13.3. The van der Waals surface area contributed by atoms with E-state index in [4.69, 9.17) is 4.42 Å². The van der Waals surface area contributed by atoms with E-state index in [1.165, 1.54) is 5.56 Å². The fourth-order valence-electron chi connectivity index (χ4n) is 2.21. The van der Waals surface area contributed by atoms with Gasteiger partial charge in [0.05, 0.1) is 5.69 Å². The normalized spacial score (nSPS) is 10.7.